The third-order valence-electron chi connectivity index (χ3n) is 4.09. The van der Waals surface area contributed by atoms with Gasteiger partial charge in [0.05, 0.1) is 17.0 Å². The van der Waals surface area contributed by atoms with Crippen LogP contribution in [0.5, 0.6) is 0 Å². The molecule has 3 aromatic rings. The smallest absolute Gasteiger partial charge is 0.251 e. The van der Waals surface area contributed by atoms with E-state index in [9.17, 15) is 13.2 Å². The molecule has 0 aliphatic heterocycles. The van der Waals surface area contributed by atoms with Crippen molar-refractivity contribution in [3.8, 4) is 0 Å². The summed E-state index contributed by atoms with van der Waals surface area (Å²) >= 11 is 0. The van der Waals surface area contributed by atoms with E-state index in [1.807, 2.05) is 10.8 Å². The van der Waals surface area contributed by atoms with Crippen LogP contribution >= 0.6 is 0 Å². The molecule has 0 atom stereocenters. The van der Waals surface area contributed by atoms with E-state index in [-0.39, 0.29) is 16.6 Å². The van der Waals surface area contributed by atoms with Crippen LogP contribution in [0.3, 0.4) is 0 Å². The van der Waals surface area contributed by atoms with Gasteiger partial charge in [0.15, 0.2) is 9.84 Å². The zero-order valence-corrected chi connectivity index (χ0v) is 15.6. The second-order valence-corrected chi connectivity index (χ2v) is 8.17. The summed E-state index contributed by atoms with van der Waals surface area (Å²) in [5, 5.41) is 2.86. The highest BCUT2D eigenvalue weighted by atomic mass is 32.2. The molecule has 7 heteroatoms. The molecule has 0 unspecified atom stereocenters. The topological polar surface area (TPSA) is 81.1 Å². The van der Waals surface area contributed by atoms with E-state index in [0.29, 0.717) is 17.7 Å². The Morgan fingerprint density at radius 2 is 1.89 bits per heavy atom. The standard InChI is InChI=1S/C20H21N3O3S/c24-20(22-10-5-12-23-13-11-21-16-23)18-7-4-6-17(14-18)15-27(25,26)19-8-2-1-3-9-19/h1-4,6-9,11,13-14,16H,5,10,12,15H2,(H,22,24). The highest BCUT2D eigenvalue weighted by Crippen LogP contribution is 2.17. The number of nitrogens with zero attached hydrogens (tertiary/aromatic N) is 2. The van der Waals surface area contributed by atoms with Gasteiger partial charge in [0.25, 0.3) is 5.91 Å². The first-order valence-corrected chi connectivity index (χ1v) is 10.3. The van der Waals surface area contributed by atoms with Gasteiger partial charge in [-0.05, 0) is 36.2 Å². The minimum absolute atomic E-state index is 0.140. The molecule has 0 spiro atoms. The minimum Gasteiger partial charge on any atom is -0.352 e. The monoisotopic (exact) mass is 383 g/mol. The van der Waals surface area contributed by atoms with Gasteiger partial charge in [0.2, 0.25) is 0 Å². The summed E-state index contributed by atoms with van der Waals surface area (Å²) in [6, 6.07) is 15.1. The molecule has 1 N–H and O–H groups in total. The lowest BCUT2D eigenvalue weighted by Gasteiger charge is -2.08. The molecule has 1 aromatic heterocycles. The van der Waals surface area contributed by atoms with Crippen LogP contribution in [0.2, 0.25) is 0 Å². The number of benzene rings is 2. The van der Waals surface area contributed by atoms with Gasteiger partial charge in [-0.3, -0.25) is 4.79 Å². The molecule has 27 heavy (non-hydrogen) atoms. The van der Waals surface area contributed by atoms with Gasteiger partial charge in [0.1, 0.15) is 0 Å². The van der Waals surface area contributed by atoms with Crippen LogP contribution in [0, 0.1) is 0 Å². The fourth-order valence-corrected chi connectivity index (χ4v) is 4.07. The number of hydrogen-bond acceptors (Lipinski definition) is 4. The fourth-order valence-electron chi connectivity index (χ4n) is 2.72. The number of imidazole rings is 1. The summed E-state index contributed by atoms with van der Waals surface area (Å²) in [4.78, 5) is 16.6. The Morgan fingerprint density at radius 3 is 2.63 bits per heavy atom. The van der Waals surface area contributed by atoms with E-state index >= 15 is 0 Å². The van der Waals surface area contributed by atoms with Gasteiger partial charge in [-0.15, -0.1) is 0 Å². The van der Waals surface area contributed by atoms with Crippen LogP contribution in [-0.4, -0.2) is 30.4 Å². The maximum Gasteiger partial charge on any atom is 0.251 e. The van der Waals surface area contributed by atoms with Crippen molar-refractivity contribution in [2.24, 2.45) is 0 Å². The minimum atomic E-state index is -3.44. The molecule has 0 saturated carbocycles. The first-order chi connectivity index (χ1) is 13.0. The number of amides is 1. The Kier molecular flexibility index (Phi) is 6.03. The number of aromatic nitrogens is 2. The lowest BCUT2D eigenvalue weighted by atomic mass is 10.1. The van der Waals surface area contributed by atoms with E-state index in [0.717, 1.165) is 13.0 Å². The lowest BCUT2D eigenvalue weighted by Crippen LogP contribution is -2.25. The van der Waals surface area contributed by atoms with Gasteiger partial charge in [-0.25, -0.2) is 13.4 Å². The molecule has 140 valence electrons. The SMILES string of the molecule is O=C(NCCCn1ccnc1)c1cccc(CS(=O)(=O)c2ccccc2)c1. The molecule has 3 rings (SSSR count). The van der Waals surface area contributed by atoms with Gasteiger partial charge < -0.3 is 9.88 Å². The number of rotatable bonds is 8. The predicted octanol–water partition coefficient (Wildman–Crippen LogP) is 2.68. The Balaban J connectivity index is 1.58. The van der Waals surface area contributed by atoms with E-state index < -0.39 is 9.84 Å². The van der Waals surface area contributed by atoms with Crippen LogP contribution in [-0.2, 0) is 22.1 Å². The molecule has 0 bridgehead atoms. The number of carbonyl (C=O) groups is 1. The third-order valence-corrected chi connectivity index (χ3v) is 5.79. The van der Waals surface area contributed by atoms with Crippen molar-refractivity contribution in [1.82, 2.24) is 14.9 Å². The highest BCUT2D eigenvalue weighted by Gasteiger charge is 2.16. The lowest BCUT2D eigenvalue weighted by molar-refractivity contribution is 0.0952. The fraction of sp³-hybridized carbons (Fsp3) is 0.200. The molecule has 1 heterocycles. The Labute approximate surface area is 158 Å². The van der Waals surface area contributed by atoms with Crippen molar-refractivity contribution >= 4 is 15.7 Å². The summed E-state index contributed by atoms with van der Waals surface area (Å²) in [5.74, 6) is -0.349. The summed E-state index contributed by atoms with van der Waals surface area (Å²) in [5.41, 5.74) is 1.04. The van der Waals surface area contributed by atoms with Crippen molar-refractivity contribution in [3.05, 3.63) is 84.4 Å². The van der Waals surface area contributed by atoms with E-state index in [4.69, 9.17) is 0 Å². The van der Waals surface area contributed by atoms with Gasteiger partial charge in [-0.1, -0.05) is 30.3 Å². The molecule has 0 aliphatic carbocycles. The largest absolute Gasteiger partial charge is 0.352 e. The molecule has 0 saturated heterocycles. The van der Waals surface area contributed by atoms with Crippen LogP contribution in [0.4, 0.5) is 0 Å². The molecular weight excluding hydrogens is 362 g/mol. The van der Waals surface area contributed by atoms with Gasteiger partial charge >= 0.3 is 0 Å². The molecule has 0 fully saturated rings. The maximum atomic E-state index is 12.5. The van der Waals surface area contributed by atoms with E-state index in [1.54, 1.807) is 67.1 Å². The Hall–Kier alpha value is -2.93. The third kappa shape index (κ3) is 5.27. The average molecular weight is 383 g/mol. The van der Waals surface area contributed by atoms with Crippen molar-refractivity contribution in [2.75, 3.05) is 6.54 Å². The predicted molar refractivity (Wildman–Crippen MR) is 103 cm³/mol. The number of hydrogen-bond donors (Lipinski definition) is 1. The molecule has 0 aliphatic rings. The number of sulfone groups is 1. The number of nitrogens with one attached hydrogen (secondary N) is 1. The van der Waals surface area contributed by atoms with Crippen molar-refractivity contribution < 1.29 is 13.2 Å². The maximum absolute atomic E-state index is 12.5. The quantitative estimate of drug-likeness (QED) is 0.607. The molecular formula is C20H21N3O3S. The van der Waals surface area contributed by atoms with Crippen LogP contribution in [0.1, 0.15) is 22.3 Å². The second kappa shape index (κ2) is 8.64. The van der Waals surface area contributed by atoms with Crippen LogP contribution < -0.4 is 5.32 Å². The zero-order chi connectivity index (χ0) is 19.1. The normalized spacial score (nSPS) is 11.3. The summed E-state index contributed by atoms with van der Waals surface area (Å²) in [6.07, 6.45) is 6.11. The van der Waals surface area contributed by atoms with Gasteiger partial charge in [0, 0.05) is 31.0 Å². The van der Waals surface area contributed by atoms with E-state index in [2.05, 4.69) is 10.3 Å². The van der Waals surface area contributed by atoms with Crippen LogP contribution in [0.25, 0.3) is 0 Å². The average Bonchev–Trinajstić information content (AvgIpc) is 3.19. The molecule has 0 radical (unpaired) electrons. The second-order valence-electron chi connectivity index (χ2n) is 6.18. The first-order valence-electron chi connectivity index (χ1n) is 8.65. The van der Waals surface area contributed by atoms with E-state index in [1.165, 1.54) is 0 Å². The highest BCUT2D eigenvalue weighted by molar-refractivity contribution is 7.90. The Morgan fingerprint density at radius 1 is 1.07 bits per heavy atom. The first kappa shape index (κ1) is 18.8. The number of aryl methyl sites for hydroxylation is 1. The molecule has 2 aromatic carbocycles. The number of carbonyl (C=O) groups excluding carboxylic acids is 1. The van der Waals surface area contributed by atoms with Crippen molar-refractivity contribution in [3.63, 3.8) is 0 Å². The molecule has 1 amide bonds. The van der Waals surface area contributed by atoms with Crippen molar-refractivity contribution in [2.45, 2.75) is 23.6 Å². The summed E-state index contributed by atoms with van der Waals surface area (Å²) in [7, 11) is -3.44. The summed E-state index contributed by atoms with van der Waals surface area (Å²) < 4.78 is 26.9. The molecule has 6 nitrogen and oxygen atoms in total. The zero-order valence-electron chi connectivity index (χ0n) is 14.8. The van der Waals surface area contributed by atoms with Gasteiger partial charge in [-0.2, -0.15) is 0 Å². The Bertz CT molecular complexity index is 984. The van der Waals surface area contributed by atoms with Crippen LogP contribution in [0.15, 0.2) is 78.2 Å². The van der Waals surface area contributed by atoms with Crippen molar-refractivity contribution in [1.29, 1.82) is 0 Å². The summed E-state index contributed by atoms with van der Waals surface area (Å²) in [6.45, 7) is 1.30.